The monoisotopic (exact) mass is 311 g/mol. The van der Waals surface area contributed by atoms with Crippen LogP contribution in [0.15, 0.2) is 29.2 Å². The number of hydrogen-bond donors (Lipinski definition) is 2. The Morgan fingerprint density at radius 1 is 1.33 bits per heavy atom. The van der Waals surface area contributed by atoms with Crippen molar-refractivity contribution in [1.82, 2.24) is 9.62 Å². The lowest BCUT2D eigenvalue weighted by atomic mass is 10.1. The van der Waals surface area contributed by atoms with E-state index in [0.29, 0.717) is 31.6 Å². The molecule has 0 saturated carbocycles. The standard InChI is InChI=1S/C14H21N3O3S/c1-3-15-21(19,20)13-7-5-4-6-12(13)16-11-8-9-14(18)17(2)10-11/h4-7,11,15-16H,3,8-10H2,1-2H3. The van der Waals surface area contributed by atoms with Gasteiger partial charge in [-0.15, -0.1) is 0 Å². The summed E-state index contributed by atoms with van der Waals surface area (Å²) in [5.74, 6) is 0.126. The number of sulfonamides is 1. The second-order valence-corrected chi connectivity index (χ2v) is 6.89. The normalized spacial score (nSPS) is 19.6. The predicted molar refractivity (Wildman–Crippen MR) is 81.6 cm³/mol. The zero-order valence-corrected chi connectivity index (χ0v) is 13.1. The van der Waals surface area contributed by atoms with Gasteiger partial charge in [-0.3, -0.25) is 4.79 Å². The number of amides is 1. The predicted octanol–water partition coefficient (Wildman–Crippen LogP) is 1.02. The first-order valence-corrected chi connectivity index (χ1v) is 8.51. The number of carbonyl (C=O) groups excluding carboxylic acids is 1. The Balaban J connectivity index is 2.20. The molecule has 1 unspecified atom stereocenters. The molecule has 2 N–H and O–H groups in total. The topological polar surface area (TPSA) is 78.5 Å². The third-order valence-corrected chi connectivity index (χ3v) is 5.10. The van der Waals surface area contributed by atoms with Crippen molar-refractivity contribution in [3.8, 4) is 0 Å². The Labute approximate surface area is 125 Å². The van der Waals surface area contributed by atoms with E-state index in [1.54, 1.807) is 43.1 Å². The third kappa shape index (κ3) is 3.74. The first kappa shape index (κ1) is 15.8. The van der Waals surface area contributed by atoms with Gasteiger partial charge in [0.05, 0.1) is 5.69 Å². The molecular formula is C14H21N3O3S. The maximum atomic E-state index is 12.2. The van der Waals surface area contributed by atoms with Crippen LogP contribution in [0.4, 0.5) is 5.69 Å². The van der Waals surface area contributed by atoms with Crippen molar-refractivity contribution in [2.45, 2.75) is 30.7 Å². The second-order valence-electron chi connectivity index (χ2n) is 5.15. The molecule has 6 nitrogen and oxygen atoms in total. The Bertz CT molecular complexity index is 616. The van der Waals surface area contributed by atoms with Gasteiger partial charge in [-0.2, -0.15) is 0 Å². The van der Waals surface area contributed by atoms with Crippen LogP contribution in [0.1, 0.15) is 19.8 Å². The van der Waals surface area contributed by atoms with E-state index in [0.717, 1.165) is 0 Å². The van der Waals surface area contributed by atoms with E-state index in [1.165, 1.54) is 0 Å². The maximum Gasteiger partial charge on any atom is 0.242 e. The van der Waals surface area contributed by atoms with Crippen molar-refractivity contribution in [3.63, 3.8) is 0 Å². The highest BCUT2D eigenvalue weighted by atomic mass is 32.2. The number of likely N-dealkylation sites (N-methyl/N-ethyl adjacent to an activating group) is 1. The molecule has 1 aliphatic rings. The highest BCUT2D eigenvalue weighted by Crippen LogP contribution is 2.23. The van der Waals surface area contributed by atoms with Crippen LogP contribution in [0, 0.1) is 0 Å². The van der Waals surface area contributed by atoms with Gasteiger partial charge in [0.1, 0.15) is 4.90 Å². The highest BCUT2D eigenvalue weighted by Gasteiger charge is 2.25. The molecule has 116 valence electrons. The smallest absolute Gasteiger partial charge is 0.242 e. The van der Waals surface area contributed by atoms with E-state index >= 15 is 0 Å². The molecule has 1 saturated heterocycles. The summed E-state index contributed by atoms with van der Waals surface area (Å²) in [6, 6.07) is 6.89. The van der Waals surface area contributed by atoms with Crippen molar-refractivity contribution < 1.29 is 13.2 Å². The Hall–Kier alpha value is -1.60. The lowest BCUT2D eigenvalue weighted by Crippen LogP contribution is -2.43. The number of piperidine rings is 1. The summed E-state index contributed by atoms with van der Waals surface area (Å²) in [4.78, 5) is 13.4. The molecule has 0 spiro atoms. The number of nitrogens with one attached hydrogen (secondary N) is 2. The molecule has 1 amide bonds. The molecule has 1 aromatic carbocycles. The van der Waals surface area contributed by atoms with Crippen LogP contribution in [-0.4, -0.2) is 45.4 Å². The first-order chi connectivity index (χ1) is 9.94. The van der Waals surface area contributed by atoms with Gasteiger partial charge in [-0.05, 0) is 18.6 Å². The van der Waals surface area contributed by atoms with Gasteiger partial charge < -0.3 is 10.2 Å². The van der Waals surface area contributed by atoms with Crippen LogP contribution in [0.25, 0.3) is 0 Å². The molecule has 0 aliphatic carbocycles. The highest BCUT2D eigenvalue weighted by molar-refractivity contribution is 7.89. The number of anilines is 1. The van der Waals surface area contributed by atoms with Crippen molar-refractivity contribution >= 4 is 21.6 Å². The SMILES string of the molecule is CCNS(=O)(=O)c1ccccc1NC1CCC(=O)N(C)C1. The zero-order chi connectivity index (χ0) is 15.5. The second kappa shape index (κ2) is 6.44. The fourth-order valence-electron chi connectivity index (χ4n) is 2.44. The molecule has 21 heavy (non-hydrogen) atoms. The lowest BCUT2D eigenvalue weighted by Gasteiger charge is -2.31. The van der Waals surface area contributed by atoms with Gasteiger partial charge in [0, 0.05) is 32.6 Å². The first-order valence-electron chi connectivity index (χ1n) is 7.03. The number of likely N-dealkylation sites (tertiary alicyclic amines) is 1. The van der Waals surface area contributed by atoms with Gasteiger partial charge in [0.25, 0.3) is 0 Å². The van der Waals surface area contributed by atoms with Gasteiger partial charge in [0.15, 0.2) is 0 Å². The van der Waals surface area contributed by atoms with Crippen molar-refractivity contribution in [2.24, 2.45) is 0 Å². The Morgan fingerprint density at radius 3 is 2.71 bits per heavy atom. The van der Waals surface area contributed by atoms with Crippen LogP contribution in [0.5, 0.6) is 0 Å². The molecule has 1 aromatic rings. The van der Waals surface area contributed by atoms with E-state index in [9.17, 15) is 13.2 Å². The quantitative estimate of drug-likeness (QED) is 0.851. The van der Waals surface area contributed by atoms with E-state index in [2.05, 4.69) is 10.0 Å². The van der Waals surface area contributed by atoms with Gasteiger partial charge in [0.2, 0.25) is 15.9 Å². The largest absolute Gasteiger partial charge is 0.379 e. The number of benzene rings is 1. The van der Waals surface area contributed by atoms with E-state index in [-0.39, 0.29) is 16.8 Å². The van der Waals surface area contributed by atoms with Gasteiger partial charge in [-0.25, -0.2) is 13.1 Å². The number of carbonyl (C=O) groups is 1. The summed E-state index contributed by atoms with van der Waals surface area (Å²) >= 11 is 0. The summed E-state index contributed by atoms with van der Waals surface area (Å²) in [6.07, 6.45) is 1.19. The third-order valence-electron chi connectivity index (χ3n) is 3.50. The maximum absolute atomic E-state index is 12.2. The number of hydrogen-bond acceptors (Lipinski definition) is 4. The average Bonchev–Trinajstić information content (AvgIpc) is 2.43. The molecule has 1 atom stereocenters. The van der Waals surface area contributed by atoms with E-state index < -0.39 is 10.0 Å². The average molecular weight is 311 g/mol. The van der Waals surface area contributed by atoms with Crippen LogP contribution in [0.3, 0.4) is 0 Å². The van der Waals surface area contributed by atoms with Crippen LogP contribution in [0.2, 0.25) is 0 Å². The number of nitrogens with zero attached hydrogens (tertiary/aromatic N) is 1. The van der Waals surface area contributed by atoms with Gasteiger partial charge >= 0.3 is 0 Å². The molecule has 0 radical (unpaired) electrons. The summed E-state index contributed by atoms with van der Waals surface area (Å²) < 4.78 is 26.9. The van der Waals surface area contributed by atoms with Crippen LogP contribution >= 0.6 is 0 Å². The van der Waals surface area contributed by atoms with Crippen LogP contribution in [-0.2, 0) is 14.8 Å². The number of rotatable bonds is 5. The summed E-state index contributed by atoms with van der Waals surface area (Å²) in [6.45, 7) is 2.67. The molecule has 2 rings (SSSR count). The number of para-hydroxylation sites is 1. The molecule has 0 aromatic heterocycles. The van der Waals surface area contributed by atoms with E-state index in [4.69, 9.17) is 0 Å². The Kier molecular flexibility index (Phi) is 4.84. The van der Waals surface area contributed by atoms with Crippen molar-refractivity contribution in [3.05, 3.63) is 24.3 Å². The van der Waals surface area contributed by atoms with Gasteiger partial charge in [-0.1, -0.05) is 19.1 Å². The van der Waals surface area contributed by atoms with E-state index in [1.807, 2.05) is 0 Å². The molecular weight excluding hydrogens is 290 g/mol. The molecule has 1 fully saturated rings. The molecule has 7 heteroatoms. The van der Waals surface area contributed by atoms with Crippen molar-refractivity contribution in [1.29, 1.82) is 0 Å². The molecule has 1 aliphatic heterocycles. The Morgan fingerprint density at radius 2 is 2.05 bits per heavy atom. The van der Waals surface area contributed by atoms with Crippen molar-refractivity contribution in [2.75, 3.05) is 25.5 Å². The summed E-state index contributed by atoms with van der Waals surface area (Å²) in [5, 5.41) is 3.25. The fourth-order valence-corrected chi connectivity index (χ4v) is 3.65. The minimum atomic E-state index is -3.51. The van der Waals surface area contributed by atoms with Crippen LogP contribution < -0.4 is 10.0 Å². The zero-order valence-electron chi connectivity index (χ0n) is 12.3. The molecule has 0 bridgehead atoms. The summed E-state index contributed by atoms with van der Waals surface area (Å²) in [5.41, 5.74) is 0.575. The fraction of sp³-hybridized carbons (Fsp3) is 0.500. The molecule has 1 heterocycles. The minimum absolute atomic E-state index is 0.0608. The lowest BCUT2D eigenvalue weighted by molar-refractivity contribution is -0.132. The minimum Gasteiger partial charge on any atom is -0.379 e. The summed E-state index contributed by atoms with van der Waals surface area (Å²) in [7, 11) is -1.75.